The predicted molar refractivity (Wildman–Crippen MR) is 115 cm³/mol. The molecule has 1 heterocycles. The average Bonchev–Trinajstić information content (AvgIpc) is 2.53. The summed E-state index contributed by atoms with van der Waals surface area (Å²) in [7, 11) is 4.76. The van der Waals surface area contributed by atoms with Gasteiger partial charge in [-0.05, 0) is 40.5 Å². The Morgan fingerprint density at radius 2 is 1.15 bits per heavy atom. The van der Waals surface area contributed by atoms with Crippen LogP contribution in [0.2, 0.25) is 0 Å². The highest BCUT2D eigenvalue weighted by molar-refractivity contribution is 5.01. The fourth-order valence-corrected chi connectivity index (χ4v) is 4.89. The monoisotopic (exact) mass is 368 g/mol. The highest BCUT2D eigenvalue weighted by atomic mass is 16.5. The first-order valence-corrected chi connectivity index (χ1v) is 11.3. The highest BCUT2D eigenvalue weighted by Gasteiger charge is 2.45. The Morgan fingerprint density at radius 1 is 0.769 bits per heavy atom. The Labute approximate surface area is 164 Å². The second kappa shape index (κ2) is 10.4. The van der Waals surface area contributed by atoms with Crippen LogP contribution in [0.5, 0.6) is 0 Å². The van der Waals surface area contributed by atoms with E-state index in [0.717, 1.165) is 17.3 Å². The third-order valence-electron chi connectivity index (χ3n) is 6.65. The Balaban J connectivity index is 2.27. The minimum atomic E-state index is -0.250. The van der Waals surface area contributed by atoms with Crippen LogP contribution in [0.3, 0.4) is 0 Å². The number of nitrogens with zero attached hydrogens (tertiary/aromatic N) is 2. The molecular formula is C23H48N2O. The van der Waals surface area contributed by atoms with Crippen LogP contribution < -0.4 is 0 Å². The van der Waals surface area contributed by atoms with E-state index in [1.165, 1.54) is 75.8 Å². The first-order valence-electron chi connectivity index (χ1n) is 11.3. The predicted octanol–water partition coefficient (Wildman–Crippen LogP) is 6.50. The Bertz CT molecular complexity index is 372. The largest absolute Gasteiger partial charge is 0.784 e. The van der Waals surface area contributed by atoms with Gasteiger partial charge in [0.25, 0.3) is 0 Å². The minimum absolute atomic E-state index is 0.250. The van der Waals surface area contributed by atoms with Crippen molar-refractivity contribution < 1.29 is 4.48 Å². The van der Waals surface area contributed by atoms with E-state index < -0.39 is 0 Å². The molecule has 0 spiro atoms. The van der Waals surface area contributed by atoms with Crippen molar-refractivity contribution >= 4 is 0 Å². The molecule has 26 heavy (non-hydrogen) atoms. The van der Waals surface area contributed by atoms with Crippen LogP contribution in [0.1, 0.15) is 112 Å². The van der Waals surface area contributed by atoms with Crippen LogP contribution in [-0.2, 0) is 0 Å². The molecular weight excluding hydrogens is 320 g/mol. The second-order valence-electron chi connectivity index (χ2n) is 10.7. The molecule has 1 aliphatic heterocycles. The molecule has 0 atom stereocenters. The highest BCUT2D eigenvalue weighted by Crippen LogP contribution is 2.40. The summed E-state index contributed by atoms with van der Waals surface area (Å²) in [6.07, 6.45) is 16.0. The number of hydrogen-bond acceptors (Lipinski definition) is 2. The molecule has 0 bridgehead atoms. The second-order valence-corrected chi connectivity index (χ2v) is 10.7. The quantitative estimate of drug-likeness (QED) is 0.290. The van der Waals surface area contributed by atoms with Crippen molar-refractivity contribution in [1.29, 1.82) is 0 Å². The van der Waals surface area contributed by atoms with Gasteiger partial charge in [-0.25, -0.2) is 0 Å². The van der Waals surface area contributed by atoms with Crippen LogP contribution in [0.25, 0.3) is 0 Å². The van der Waals surface area contributed by atoms with Crippen LogP contribution in [0, 0.1) is 5.21 Å². The number of hydroxylamine groups is 2. The average molecular weight is 369 g/mol. The molecule has 1 aliphatic rings. The summed E-state index contributed by atoms with van der Waals surface area (Å²) < 4.78 is 1.07. The first kappa shape index (κ1) is 23.9. The molecule has 1 rings (SSSR count). The number of rotatable bonds is 12. The zero-order valence-electron chi connectivity index (χ0n) is 19.1. The molecule has 0 N–H and O–H groups in total. The lowest BCUT2D eigenvalue weighted by molar-refractivity contribution is -0.918. The molecule has 0 unspecified atom stereocenters. The summed E-state index contributed by atoms with van der Waals surface area (Å²) >= 11 is 0. The normalized spacial score (nSPS) is 21.2. The van der Waals surface area contributed by atoms with Crippen molar-refractivity contribution in [3.05, 3.63) is 5.21 Å². The summed E-state index contributed by atoms with van der Waals surface area (Å²) in [5.74, 6) is 0. The van der Waals surface area contributed by atoms with Gasteiger partial charge in [-0.3, -0.25) is 0 Å². The molecule has 0 amide bonds. The molecule has 3 heteroatoms. The van der Waals surface area contributed by atoms with E-state index in [4.69, 9.17) is 0 Å². The van der Waals surface area contributed by atoms with Crippen LogP contribution in [0.15, 0.2) is 0 Å². The van der Waals surface area contributed by atoms with Gasteiger partial charge in [0, 0.05) is 23.9 Å². The van der Waals surface area contributed by atoms with E-state index in [1.54, 1.807) is 0 Å². The van der Waals surface area contributed by atoms with Crippen molar-refractivity contribution in [3.8, 4) is 0 Å². The van der Waals surface area contributed by atoms with Gasteiger partial charge in [-0.15, -0.1) is 0 Å². The molecule has 3 nitrogen and oxygen atoms in total. The van der Waals surface area contributed by atoms with Crippen molar-refractivity contribution in [2.75, 3.05) is 20.6 Å². The van der Waals surface area contributed by atoms with Gasteiger partial charge in [0.05, 0.1) is 26.7 Å². The first-order chi connectivity index (χ1) is 12.0. The molecule has 1 fully saturated rings. The summed E-state index contributed by atoms with van der Waals surface area (Å²) in [5.41, 5.74) is -0.501. The molecule has 0 aromatic rings. The Kier molecular flexibility index (Phi) is 9.60. The number of hydrogen-bond donors (Lipinski definition) is 0. The van der Waals surface area contributed by atoms with Gasteiger partial charge in [0.1, 0.15) is 0 Å². The number of quaternary nitrogens is 1. The summed E-state index contributed by atoms with van der Waals surface area (Å²) in [4.78, 5) is 0. The van der Waals surface area contributed by atoms with Gasteiger partial charge in [-0.1, -0.05) is 58.3 Å². The summed E-state index contributed by atoms with van der Waals surface area (Å²) in [5, 5.41) is 14.0. The zero-order chi connectivity index (χ0) is 19.8. The standard InChI is InChI=1S/C23H48N2O/c1-8-9-10-11-12-13-14-15-16-17-18-25(6,7)21-19-22(2,3)24(26)23(4,5)20-21/h21H,8-20H2,1-7H3. The van der Waals surface area contributed by atoms with Crippen molar-refractivity contribution in [2.45, 2.75) is 129 Å². The fourth-order valence-electron chi connectivity index (χ4n) is 4.89. The zero-order valence-corrected chi connectivity index (χ0v) is 19.1. The van der Waals surface area contributed by atoms with Gasteiger partial charge in [-0.2, -0.15) is 0 Å². The lowest BCUT2D eigenvalue weighted by atomic mass is 9.77. The SMILES string of the molecule is CCCCCCCCCCCC[N+](C)(C)C1CC(C)(C)N([O-])C(C)(C)C1. The molecule has 0 saturated carbocycles. The fraction of sp³-hybridized carbons (Fsp3) is 1.00. The number of piperidine rings is 1. The Hall–Kier alpha value is -0.120. The van der Waals surface area contributed by atoms with Crippen molar-refractivity contribution in [1.82, 2.24) is 5.06 Å². The van der Waals surface area contributed by atoms with Gasteiger partial charge < -0.3 is 14.8 Å². The molecule has 0 aromatic carbocycles. The van der Waals surface area contributed by atoms with E-state index in [-0.39, 0.29) is 11.1 Å². The van der Waals surface area contributed by atoms with Crippen LogP contribution >= 0.6 is 0 Å². The third-order valence-corrected chi connectivity index (χ3v) is 6.65. The third kappa shape index (κ3) is 7.48. The topological polar surface area (TPSA) is 26.3 Å². The van der Waals surface area contributed by atoms with E-state index in [1.807, 2.05) is 0 Å². The van der Waals surface area contributed by atoms with E-state index >= 15 is 0 Å². The number of unbranched alkanes of at least 4 members (excludes halogenated alkanes) is 9. The van der Waals surface area contributed by atoms with Crippen molar-refractivity contribution in [3.63, 3.8) is 0 Å². The van der Waals surface area contributed by atoms with Crippen LogP contribution in [0.4, 0.5) is 0 Å². The van der Waals surface area contributed by atoms with Gasteiger partial charge in [0.15, 0.2) is 0 Å². The van der Waals surface area contributed by atoms with Gasteiger partial charge >= 0.3 is 0 Å². The lowest BCUT2D eigenvalue weighted by Gasteiger charge is -2.61. The molecule has 156 valence electrons. The minimum Gasteiger partial charge on any atom is -0.784 e. The molecule has 0 aromatic heterocycles. The smallest absolute Gasteiger partial charge is 0.0920 e. The van der Waals surface area contributed by atoms with Gasteiger partial charge in [0.2, 0.25) is 0 Å². The Morgan fingerprint density at radius 3 is 1.58 bits per heavy atom. The molecule has 0 aliphatic carbocycles. The maximum absolute atomic E-state index is 12.6. The summed E-state index contributed by atoms with van der Waals surface area (Å²) in [6, 6.07) is 0.587. The molecule has 0 radical (unpaired) electrons. The van der Waals surface area contributed by atoms with E-state index in [0.29, 0.717) is 6.04 Å². The molecule has 1 saturated heterocycles. The van der Waals surface area contributed by atoms with Crippen molar-refractivity contribution in [2.24, 2.45) is 0 Å². The maximum Gasteiger partial charge on any atom is 0.0920 e. The summed E-state index contributed by atoms with van der Waals surface area (Å²) in [6.45, 7) is 12.0. The maximum atomic E-state index is 12.6. The van der Waals surface area contributed by atoms with Crippen LogP contribution in [-0.4, -0.2) is 47.3 Å². The van der Waals surface area contributed by atoms with E-state index in [9.17, 15) is 5.21 Å². The van der Waals surface area contributed by atoms with E-state index in [2.05, 4.69) is 48.7 Å². The lowest BCUT2D eigenvalue weighted by Crippen LogP contribution is -2.65.